The van der Waals surface area contributed by atoms with E-state index in [1.54, 1.807) is 19.1 Å². The monoisotopic (exact) mass is 409 g/mol. The molecule has 3 rings (SSSR count). The molecule has 0 atom stereocenters. The van der Waals surface area contributed by atoms with Crippen LogP contribution >= 0.6 is 11.9 Å². The maximum absolute atomic E-state index is 12.7. The summed E-state index contributed by atoms with van der Waals surface area (Å²) in [5.41, 5.74) is 2.09. The van der Waals surface area contributed by atoms with Crippen molar-refractivity contribution in [3.05, 3.63) is 41.2 Å². The number of ether oxygens (including phenoxy) is 1. The number of rotatable bonds is 5. The van der Waals surface area contributed by atoms with Gasteiger partial charge < -0.3 is 4.74 Å². The molecule has 11 heteroatoms. The number of aryl methyl sites for hydroxylation is 1. The highest BCUT2D eigenvalue weighted by atomic mass is 32.2. The zero-order valence-electron chi connectivity index (χ0n) is 15.0. The summed E-state index contributed by atoms with van der Waals surface area (Å²) in [7, 11) is -0.654. The number of aromatic nitrogens is 2. The lowest BCUT2D eigenvalue weighted by molar-refractivity contribution is 0.181. The number of amides is 2. The van der Waals surface area contributed by atoms with E-state index in [9.17, 15) is 13.2 Å². The minimum Gasteiger partial charge on any atom is -0.378 e. The Morgan fingerprint density at radius 2 is 2.15 bits per heavy atom. The molecule has 0 saturated carbocycles. The third-order valence-corrected chi connectivity index (χ3v) is 6.25. The van der Waals surface area contributed by atoms with Crippen LogP contribution in [0.4, 0.5) is 10.7 Å². The second kappa shape index (κ2) is 7.80. The number of hydrogen-bond donors (Lipinski definition) is 2. The highest BCUT2D eigenvalue weighted by Crippen LogP contribution is 2.38. The fourth-order valence-corrected chi connectivity index (χ4v) is 5.05. The first kappa shape index (κ1) is 19.5. The Kier molecular flexibility index (Phi) is 5.65. The number of hydrogen-bond acceptors (Lipinski definition) is 8. The average molecular weight is 409 g/mol. The Bertz CT molecular complexity index is 981. The van der Waals surface area contributed by atoms with Crippen molar-refractivity contribution in [3.8, 4) is 0 Å². The first-order valence-electron chi connectivity index (χ1n) is 7.97. The van der Waals surface area contributed by atoms with Crippen LogP contribution in [-0.4, -0.2) is 42.9 Å². The van der Waals surface area contributed by atoms with Crippen LogP contribution in [0.25, 0.3) is 0 Å². The van der Waals surface area contributed by atoms with Gasteiger partial charge >= 0.3 is 6.03 Å². The molecule has 1 aromatic heterocycles. The van der Waals surface area contributed by atoms with Crippen molar-refractivity contribution in [2.24, 2.45) is 0 Å². The number of fused-ring (bicyclic) bond motifs is 1. The third-order valence-electron chi connectivity index (χ3n) is 3.64. The number of methoxy groups -OCH3 is 1. The first-order valence-corrected chi connectivity index (χ1v) is 10.2. The van der Waals surface area contributed by atoms with Crippen LogP contribution < -0.4 is 10.0 Å². The Labute approximate surface area is 161 Å². The van der Waals surface area contributed by atoms with E-state index in [0.29, 0.717) is 22.8 Å². The lowest BCUT2D eigenvalue weighted by Gasteiger charge is -2.11. The van der Waals surface area contributed by atoms with Crippen LogP contribution in [0.3, 0.4) is 0 Å². The van der Waals surface area contributed by atoms with Gasteiger partial charge in [-0.2, -0.15) is 0 Å². The standard InChI is InChI=1S/C16H19N5O4S2/c1-10-7-12(9-25-3)18-15(17-10)19-16(22)20-27(23,24)13-6-4-5-11-8-21(2)26-14(11)13/h4-7H,8-9H2,1-3H3,(H2,17,18,19,20,22). The zero-order valence-corrected chi connectivity index (χ0v) is 16.6. The molecule has 0 radical (unpaired) electrons. The molecular formula is C16H19N5O4S2. The lowest BCUT2D eigenvalue weighted by atomic mass is 10.2. The quantitative estimate of drug-likeness (QED) is 0.720. The molecule has 2 heterocycles. The highest BCUT2D eigenvalue weighted by molar-refractivity contribution is 7.98. The molecule has 1 aromatic carbocycles. The summed E-state index contributed by atoms with van der Waals surface area (Å²) in [5, 5.41) is 2.36. The molecule has 0 bridgehead atoms. The van der Waals surface area contributed by atoms with Gasteiger partial charge in [-0.1, -0.05) is 12.1 Å². The SMILES string of the molecule is COCc1cc(C)nc(NC(=O)NS(=O)(=O)c2cccc3c2SN(C)C3)n1. The number of carbonyl (C=O) groups is 1. The number of benzene rings is 1. The van der Waals surface area contributed by atoms with Gasteiger partial charge in [-0.3, -0.25) is 5.32 Å². The van der Waals surface area contributed by atoms with Gasteiger partial charge in [-0.15, -0.1) is 0 Å². The van der Waals surface area contributed by atoms with Crippen molar-refractivity contribution in [2.75, 3.05) is 19.5 Å². The van der Waals surface area contributed by atoms with E-state index in [2.05, 4.69) is 15.3 Å². The van der Waals surface area contributed by atoms with E-state index in [1.165, 1.54) is 25.1 Å². The van der Waals surface area contributed by atoms with Crippen LogP contribution in [0.2, 0.25) is 0 Å². The molecule has 0 unspecified atom stereocenters. The lowest BCUT2D eigenvalue weighted by Crippen LogP contribution is -2.35. The molecule has 1 aliphatic rings. The summed E-state index contributed by atoms with van der Waals surface area (Å²) >= 11 is 1.33. The minimum absolute atomic E-state index is 0.00199. The van der Waals surface area contributed by atoms with Crippen molar-refractivity contribution in [1.29, 1.82) is 0 Å². The third kappa shape index (κ3) is 4.56. The molecular weight excluding hydrogens is 390 g/mol. The highest BCUT2D eigenvalue weighted by Gasteiger charge is 2.28. The maximum Gasteiger partial charge on any atom is 0.335 e. The molecule has 0 spiro atoms. The molecule has 2 N–H and O–H groups in total. The van der Waals surface area contributed by atoms with Gasteiger partial charge in [0.2, 0.25) is 5.95 Å². The predicted octanol–water partition coefficient (Wildman–Crippen LogP) is 1.89. The summed E-state index contributed by atoms with van der Waals surface area (Å²) in [6.45, 7) is 2.62. The largest absolute Gasteiger partial charge is 0.378 e. The molecule has 0 fully saturated rings. The van der Waals surface area contributed by atoms with Crippen molar-refractivity contribution >= 4 is 34.0 Å². The summed E-state index contributed by atoms with van der Waals surface area (Å²) in [4.78, 5) is 21.1. The van der Waals surface area contributed by atoms with E-state index in [4.69, 9.17) is 4.74 Å². The summed E-state index contributed by atoms with van der Waals surface area (Å²) in [5.74, 6) is 0.00199. The van der Waals surface area contributed by atoms with Crippen LogP contribution in [-0.2, 0) is 27.9 Å². The smallest absolute Gasteiger partial charge is 0.335 e. The number of carbonyl (C=O) groups excluding carboxylic acids is 1. The molecule has 2 amide bonds. The summed E-state index contributed by atoms with van der Waals surface area (Å²) < 4.78 is 34.3. The summed E-state index contributed by atoms with van der Waals surface area (Å²) in [6.07, 6.45) is 0. The van der Waals surface area contributed by atoms with E-state index in [1.807, 2.05) is 22.1 Å². The van der Waals surface area contributed by atoms with Crippen molar-refractivity contribution < 1.29 is 17.9 Å². The van der Waals surface area contributed by atoms with Crippen LogP contribution in [0.5, 0.6) is 0 Å². The Hall–Kier alpha value is -2.21. The van der Waals surface area contributed by atoms with Crippen molar-refractivity contribution in [2.45, 2.75) is 29.9 Å². The predicted molar refractivity (Wildman–Crippen MR) is 101 cm³/mol. The first-order chi connectivity index (χ1) is 12.8. The number of sulfonamides is 1. The van der Waals surface area contributed by atoms with Crippen molar-refractivity contribution in [1.82, 2.24) is 19.0 Å². The maximum atomic E-state index is 12.7. The van der Waals surface area contributed by atoms with Gasteiger partial charge in [0.1, 0.15) is 4.90 Å². The second-order valence-corrected chi connectivity index (χ2v) is 8.80. The zero-order chi connectivity index (χ0) is 19.6. The number of nitrogens with one attached hydrogen (secondary N) is 2. The Morgan fingerprint density at radius 3 is 2.89 bits per heavy atom. The van der Waals surface area contributed by atoms with E-state index in [0.717, 1.165) is 5.56 Å². The normalized spacial score (nSPS) is 14.0. The van der Waals surface area contributed by atoms with Gasteiger partial charge in [0, 0.05) is 24.2 Å². The topological polar surface area (TPSA) is 114 Å². The molecule has 2 aromatic rings. The Morgan fingerprint density at radius 1 is 1.37 bits per heavy atom. The van der Waals surface area contributed by atoms with E-state index < -0.39 is 16.1 Å². The average Bonchev–Trinajstić information content (AvgIpc) is 2.93. The number of urea groups is 1. The number of anilines is 1. The minimum atomic E-state index is -4.05. The molecule has 0 saturated heterocycles. The molecule has 144 valence electrons. The van der Waals surface area contributed by atoms with Crippen LogP contribution in [0.15, 0.2) is 34.1 Å². The number of nitrogens with zero attached hydrogens (tertiary/aromatic N) is 3. The van der Waals surface area contributed by atoms with E-state index >= 15 is 0 Å². The second-order valence-electron chi connectivity index (χ2n) is 5.94. The fourth-order valence-electron chi connectivity index (χ4n) is 2.64. The van der Waals surface area contributed by atoms with Crippen molar-refractivity contribution in [3.63, 3.8) is 0 Å². The van der Waals surface area contributed by atoms with Gasteiger partial charge in [-0.05, 0) is 43.6 Å². The van der Waals surface area contributed by atoms with Gasteiger partial charge in [0.25, 0.3) is 10.0 Å². The van der Waals surface area contributed by atoms with Gasteiger partial charge in [-0.25, -0.2) is 32.2 Å². The van der Waals surface area contributed by atoms with Crippen LogP contribution in [0, 0.1) is 6.92 Å². The molecule has 0 aliphatic carbocycles. The van der Waals surface area contributed by atoms with Gasteiger partial charge in [0.15, 0.2) is 0 Å². The van der Waals surface area contributed by atoms with Gasteiger partial charge in [0.05, 0.1) is 12.3 Å². The molecule has 1 aliphatic heterocycles. The van der Waals surface area contributed by atoms with Crippen LogP contribution in [0.1, 0.15) is 17.0 Å². The summed E-state index contributed by atoms with van der Waals surface area (Å²) in [6, 6.07) is 5.78. The fraction of sp³-hybridized carbons (Fsp3) is 0.312. The Balaban J connectivity index is 1.78. The van der Waals surface area contributed by atoms with E-state index in [-0.39, 0.29) is 17.5 Å². The molecule has 9 nitrogen and oxygen atoms in total. The molecule has 27 heavy (non-hydrogen) atoms.